The second-order valence-electron chi connectivity index (χ2n) is 9.18. The number of methoxy groups -OCH3 is 1. The first-order valence-corrected chi connectivity index (χ1v) is 12.4. The fourth-order valence-corrected chi connectivity index (χ4v) is 4.70. The molecular weight excluding hydrogens is 492 g/mol. The van der Waals surface area contributed by atoms with E-state index in [9.17, 15) is 24.8 Å². The molecule has 38 heavy (non-hydrogen) atoms. The molecule has 1 aliphatic rings. The number of amides is 2. The van der Waals surface area contributed by atoms with E-state index in [1.165, 1.54) is 0 Å². The molecule has 2 heterocycles. The highest BCUT2D eigenvalue weighted by Gasteiger charge is 2.44. The summed E-state index contributed by atoms with van der Waals surface area (Å²) in [7, 11) is 1.62. The first kappa shape index (κ1) is 26.9. The van der Waals surface area contributed by atoms with Gasteiger partial charge in [-0.1, -0.05) is 30.3 Å². The molecule has 0 unspecified atom stereocenters. The van der Waals surface area contributed by atoms with Crippen LogP contribution in [0.15, 0.2) is 51.7 Å². The Morgan fingerprint density at radius 1 is 1.18 bits per heavy atom. The maximum Gasteiger partial charge on any atom is 0.419 e. The molecule has 1 saturated heterocycles. The minimum absolute atomic E-state index is 0.118. The maximum atomic E-state index is 13.1. The fraction of sp³-hybridized carbons (Fsp3) is 0.407. The third-order valence-corrected chi connectivity index (χ3v) is 6.78. The van der Waals surface area contributed by atoms with Gasteiger partial charge >= 0.3 is 11.8 Å². The van der Waals surface area contributed by atoms with Crippen molar-refractivity contribution in [2.45, 2.75) is 37.8 Å². The van der Waals surface area contributed by atoms with Gasteiger partial charge in [0.1, 0.15) is 5.54 Å². The van der Waals surface area contributed by atoms with E-state index in [0.717, 1.165) is 21.6 Å². The van der Waals surface area contributed by atoms with Crippen molar-refractivity contribution in [3.63, 3.8) is 0 Å². The number of aryl methyl sites for hydroxylation is 1. The molecule has 200 valence electrons. The molecular formula is C27H30N4O7. The van der Waals surface area contributed by atoms with Gasteiger partial charge in [-0.25, -0.2) is 14.5 Å². The Labute approximate surface area is 219 Å². The van der Waals surface area contributed by atoms with E-state index >= 15 is 0 Å². The van der Waals surface area contributed by atoms with Crippen molar-refractivity contribution < 1.29 is 28.6 Å². The van der Waals surface area contributed by atoms with Crippen molar-refractivity contribution in [2.75, 3.05) is 33.5 Å². The molecule has 11 heteroatoms. The number of aromatic nitrogens is 1. The summed E-state index contributed by atoms with van der Waals surface area (Å²) in [5, 5.41) is 21.2. The lowest BCUT2D eigenvalue weighted by Crippen LogP contribution is -2.61. The lowest BCUT2D eigenvalue weighted by Gasteiger charge is -2.37. The summed E-state index contributed by atoms with van der Waals surface area (Å²) in [5.74, 6) is -0.964. The third kappa shape index (κ3) is 5.88. The molecule has 1 fully saturated rings. The number of hydrogen-bond acceptors (Lipinski definition) is 7. The topological polar surface area (TPSA) is 147 Å². The number of hydrogen-bond donors (Lipinski definition) is 2. The second-order valence-corrected chi connectivity index (χ2v) is 9.18. The number of fused-ring (bicyclic) bond motifs is 1. The average molecular weight is 523 g/mol. The van der Waals surface area contributed by atoms with Gasteiger partial charge in [0.25, 0.3) is 5.91 Å². The van der Waals surface area contributed by atoms with Crippen molar-refractivity contribution in [3.05, 3.63) is 58.6 Å². The van der Waals surface area contributed by atoms with Gasteiger partial charge in [-0.3, -0.25) is 9.36 Å². The Morgan fingerprint density at radius 3 is 2.55 bits per heavy atom. The maximum absolute atomic E-state index is 13.1. The molecule has 0 bridgehead atoms. The lowest BCUT2D eigenvalue weighted by molar-refractivity contribution is -0.139. The first-order valence-electron chi connectivity index (χ1n) is 12.4. The fourth-order valence-electron chi connectivity index (χ4n) is 4.70. The van der Waals surface area contributed by atoms with Crippen LogP contribution in [0.5, 0.6) is 0 Å². The number of ether oxygens (including phenoxy) is 2. The Hall–Kier alpha value is -4.14. The molecule has 0 spiro atoms. The molecule has 0 radical (unpaired) electrons. The minimum Gasteiger partial charge on any atom is -0.465 e. The predicted molar refractivity (Wildman–Crippen MR) is 137 cm³/mol. The summed E-state index contributed by atoms with van der Waals surface area (Å²) >= 11 is 0. The first-order chi connectivity index (χ1) is 18.4. The molecule has 3 aromatic rings. The van der Waals surface area contributed by atoms with Gasteiger partial charge in [-0.15, -0.1) is 0 Å². The van der Waals surface area contributed by atoms with Crippen LogP contribution in [0.3, 0.4) is 0 Å². The van der Waals surface area contributed by atoms with Crippen LogP contribution in [0.25, 0.3) is 22.2 Å². The molecule has 0 saturated carbocycles. The SMILES string of the molecule is COCCCn1c(=O)oc2ccc(-c3ccc(CCN(C#N)C(=O)C4(NC(=O)O)CCOCC4)cc3)cc21. The van der Waals surface area contributed by atoms with Crippen LogP contribution in [0.1, 0.15) is 24.8 Å². The number of carbonyl (C=O) groups is 2. The zero-order valence-electron chi connectivity index (χ0n) is 21.1. The van der Waals surface area contributed by atoms with E-state index < -0.39 is 23.3 Å². The summed E-state index contributed by atoms with van der Waals surface area (Å²) in [6.45, 7) is 1.63. The number of nitrogens with one attached hydrogen (secondary N) is 1. The summed E-state index contributed by atoms with van der Waals surface area (Å²) in [4.78, 5) is 37.8. The Kier molecular flexibility index (Phi) is 8.45. The zero-order valence-corrected chi connectivity index (χ0v) is 21.1. The highest BCUT2D eigenvalue weighted by atomic mass is 16.5. The average Bonchev–Trinajstić information content (AvgIpc) is 3.23. The van der Waals surface area contributed by atoms with Gasteiger partial charge in [-0.2, -0.15) is 5.26 Å². The van der Waals surface area contributed by atoms with E-state index in [1.807, 2.05) is 42.6 Å². The Bertz CT molecular complexity index is 1380. The molecule has 4 rings (SSSR count). The molecule has 11 nitrogen and oxygen atoms in total. The van der Waals surface area contributed by atoms with Gasteiger partial charge in [0.2, 0.25) is 0 Å². The monoisotopic (exact) mass is 522 g/mol. The minimum atomic E-state index is -1.36. The van der Waals surface area contributed by atoms with Crippen molar-refractivity contribution in [1.29, 1.82) is 5.26 Å². The van der Waals surface area contributed by atoms with Crippen molar-refractivity contribution in [1.82, 2.24) is 14.8 Å². The molecule has 0 aliphatic carbocycles. The van der Waals surface area contributed by atoms with Gasteiger partial charge in [-0.05, 0) is 41.7 Å². The van der Waals surface area contributed by atoms with E-state index in [-0.39, 0.29) is 32.6 Å². The zero-order chi connectivity index (χ0) is 27.1. The Morgan fingerprint density at radius 2 is 1.89 bits per heavy atom. The summed E-state index contributed by atoms with van der Waals surface area (Å²) in [5.41, 5.74) is 2.64. The summed E-state index contributed by atoms with van der Waals surface area (Å²) < 4.78 is 17.3. The van der Waals surface area contributed by atoms with E-state index in [2.05, 4.69) is 5.32 Å². The number of rotatable bonds is 10. The molecule has 1 aromatic heterocycles. The van der Waals surface area contributed by atoms with Crippen molar-refractivity contribution >= 4 is 23.1 Å². The molecule has 2 aromatic carbocycles. The van der Waals surface area contributed by atoms with E-state index in [4.69, 9.17) is 13.9 Å². The van der Waals surface area contributed by atoms with Crippen LogP contribution < -0.4 is 11.1 Å². The smallest absolute Gasteiger partial charge is 0.419 e. The van der Waals surface area contributed by atoms with Crippen LogP contribution in [0.4, 0.5) is 4.79 Å². The van der Waals surface area contributed by atoms with Crippen LogP contribution in [-0.2, 0) is 27.2 Å². The van der Waals surface area contributed by atoms with E-state index in [0.29, 0.717) is 37.1 Å². The van der Waals surface area contributed by atoms with Crippen LogP contribution >= 0.6 is 0 Å². The van der Waals surface area contributed by atoms with Crippen LogP contribution in [-0.4, -0.2) is 65.6 Å². The quantitative estimate of drug-likeness (QED) is 0.235. The third-order valence-electron chi connectivity index (χ3n) is 6.78. The highest BCUT2D eigenvalue weighted by Crippen LogP contribution is 2.26. The van der Waals surface area contributed by atoms with Crippen LogP contribution in [0, 0.1) is 11.5 Å². The summed E-state index contributed by atoms with van der Waals surface area (Å²) in [6.07, 6.45) is 2.05. The standard InChI is InChI=1S/C27H30N4O7/c1-36-14-2-12-31-22-17-21(7-8-23(22)38-26(31)35)20-5-3-19(4-6-20)9-13-30(18-28)24(32)27(29-25(33)34)10-15-37-16-11-27/h3-8,17,29H,2,9-16H2,1H3,(H,33,34). The Balaban J connectivity index is 1.46. The molecule has 2 N–H and O–H groups in total. The lowest BCUT2D eigenvalue weighted by atomic mass is 9.88. The number of benzene rings is 2. The van der Waals surface area contributed by atoms with Gasteiger partial charge in [0.15, 0.2) is 11.8 Å². The predicted octanol–water partition coefficient (Wildman–Crippen LogP) is 2.97. The highest BCUT2D eigenvalue weighted by molar-refractivity contribution is 5.91. The van der Waals surface area contributed by atoms with Gasteiger partial charge < -0.3 is 24.3 Å². The number of carboxylic acid groups (broad SMARTS) is 1. The van der Waals surface area contributed by atoms with E-state index in [1.54, 1.807) is 17.7 Å². The normalized spacial score (nSPS) is 14.6. The molecule has 1 aliphatic heterocycles. The van der Waals surface area contributed by atoms with Gasteiger partial charge in [0, 0.05) is 52.9 Å². The molecule has 2 amide bonds. The van der Waals surface area contributed by atoms with Gasteiger partial charge in [0.05, 0.1) is 5.52 Å². The van der Waals surface area contributed by atoms with Crippen molar-refractivity contribution in [3.8, 4) is 17.3 Å². The number of oxazole rings is 1. The molecule has 0 atom stereocenters. The number of nitrogens with zero attached hydrogens (tertiary/aromatic N) is 3. The van der Waals surface area contributed by atoms with Crippen LogP contribution in [0.2, 0.25) is 0 Å². The van der Waals surface area contributed by atoms with Crippen molar-refractivity contribution in [2.24, 2.45) is 0 Å². The number of nitriles is 1. The second kappa shape index (κ2) is 11.9. The largest absolute Gasteiger partial charge is 0.465 e. The summed E-state index contributed by atoms with van der Waals surface area (Å²) in [6, 6.07) is 13.3. The number of carbonyl (C=O) groups excluding carboxylic acids is 1.